The maximum Gasteiger partial charge on any atom is 0.316 e. The summed E-state index contributed by atoms with van der Waals surface area (Å²) >= 11 is 1.17. The number of thiazole rings is 1. The molecule has 1 fully saturated rings. The van der Waals surface area contributed by atoms with Crippen molar-refractivity contribution in [2.75, 3.05) is 19.6 Å². The van der Waals surface area contributed by atoms with E-state index in [-0.39, 0.29) is 44.3 Å². The van der Waals surface area contributed by atoms with Crippen LogP contribution in [0, 0.1) is 18.2 Å². The van der Waals surface area contributed by atoms with Crippen LogP contribution in [0.2, 0.25) is 0 Å². The lowest BCUT2D eigenvalue weighted by Gasteiger charge is -2.46. The minimum atomic E-state index is -0.996. The number of benzene rings is 3. The number of carbonyl (C=O) groups is 3. The van der Waals surface area contributed by atoms with E-state index in [9.17, 15) is 23.9 Å². The zero-order valence-electron chi connectivity index (χ0n) is 24.9. The van der Waals surface area contributed by atoms with E-state index < -0.39 is 30.0 Å². The van der Waals surface area contributed by atoms with Gasteiger partial charge in [0.05, 0.1) is 28.8 Å². The molecule has 2 atom stereocenters. The third-order valence-electron chi connectivity index (χ3n) is 7.63. The topological polar surface area (TPSA) is 127 Å². The number of nitrogens with one attached hydrogen (secondary N) is 3. The molecule has 2 heterocycles. The van der Waals surface area contributed by atoms with E-state index in [2.05, 4.69) is 33.4 Å². The number of hydrogen-bond acceptors (Lipinski definition) is 7. The number of halogens is 1. The maximum absolute atomic E-state index is 14.4. The molecule has 0 bridgehead atoms. The number of amides is 4. The van der Waals surface area contributed by atoms with Crippen molar-refractivity contribution in [3.8, 4) is 18.1 Å². The number of terminal acetylenes is 1. The first-order valence-corrected chi connectivity index (χ1v) is 15.4. The molecule has 0 aliphatic carbocycles. The van der Waals surface area contributed by atoms with Crippen LogP contribution in [0.4, 0.5) is 9.18 Å². The summed E-state index contributed by atoms with van der Waals surface area (Å²) in [6, 6.07) is 15.0. The highest BCUT2D eigenvalue weighted by Crippen LogP contribution is 2.28. The van der Waals surface area contributed by atoms with Crippen molar-refractivity contribution in [3.63, 3.8) is 0 Å². The lowest BCUT2D eigenvalue weighted by molar-refractivity contribution is -0.156. The highest BCUT2D eigenvalue weighted by molar-refractivity contribution is 7.16. The molecule has 5 rings (SSSR count). The van der Waals surface area contributed by atoms with Crippen LogP contribution < -0.4 is 16.0 Å². The Bertz CT molecular complexity index is 1770. The van der Waals surface area contributed by atoms with Crippen molar-refractivity contribution >= 4 is 39.4 Å². The summed E-state index contributed by atoms with van der Waals surface area (Å²) in [7, 11) is 0. The fourth-order valence-electron chi connectivity index (χ4n) is 5.36. The van der Waals surface area contributed by atoms with E-state index in [1.165, 1.54) is 34.4 Å². The van der Waals surface area contributed by atoms with Gasteiger partial charge in [0, 0.05) is 31.6 Å². The summed E-state index contributed by atoms with van der Waals surface area (Å²) in [6.07, 6.45) is 6.27. The molecule has 46 heavy (non-hydrogen) atoms. The Morgan fingerprint density at radius 1 is 1.13 bits per heavy atom. The number of fused-ring (bicyclic) bond motifs is 1. The molecule has 0 radical (unpaired) electrons. The molecule has 0 spiro atoms. The molecule has 236 valence electrons. The lowest BCUT2D eigenvalue weighted by atomic mass is 9.99. The van der Waals surface area contributed by atoms with Crippen LogP contribution in [0.25, 0.3) is 10.2 Å². The number of hydrogen-bond donors (Lipinski definition) is 4. The Morgan fingerprint density at radius 2 is 1.87 bits per heavy atom. The molecule has 4 amide bonds. The second kappa shape index (κ2) is 14.7. The van der Waals surface area contributed by atoms with Gasteiger partial charge in [0.2, 0.25) is 11.8 Å². The minimum Gasteiger partial charge on any atom is -0.508 e. The number of aromatic hydroxyl groups is 1. The summed E-state index contributed by atoms with van der Waals surface area (Å²) in [4.78, 5) is 48.5. The fourth-order valence-corrected chi connectivity index (χ4v) is 6.10. The third kappa shape index (κ3) is 7.51. The Labute approximate surface area is 269 Å². The first kappa shape index (κ1) is 32.2. The maximum atomic E-state index is 14.4. The van der Waals surface area contributed by atoms with E-state index in [0.29, 0.717) is 27.9 Å². The number of piperazine rings is 1. The van der Waals surface area contributed by atoms with Gasteiger partial charge in [-0.15, -0.1) is 24.3 Å². The van der Waals surface area contributed by atoms with E-state index in [1.54, 1.807) is 46.8 Å². The van der Waals surface area contributed by atoms with E-state index >= 15 is 0 Å². The predicted molar refractivity (Wildman–Crippen MR) is 174 cm³/mol. The molecule has 10 nitrogen and oxygen atoms in total. The zero-order valence-corrected chi connectivity index (χ0v) is 25.7. The van der Waals surface area contributed by atoms with E-state index in [0.717, 1.165) is 11.1 Å². The summed E-state index contributed by atoms with van der Waals surface area (Å²) in [5, 5.41) is 18.5. The average Bonchev–Trinajstić information content (AvgIpc) is 3.56. The monoisotopic (exact) mass is 640 g/mol. The van der Waals surface area contributed by atoms with Crippen LogP contribution >= 0.6 is 11.3 Å². The molecule has 12 heteroatoms. The summed E-state index contributed by atoms with van der Waals surface area (Å²) in [5.41, 5.74) is 4.89. The Hall–Kier alpha value is -5.25. The molecule has 1 aromatic heterocycles. The number of phenolic OH excluding ortho intramolecular Hbond substituents is 1. The third-order valence-corrected chi connectivity index (χ3v) is 8.47. The van der Waals surface area contributed by atoms with Crippen molar-refractivity contribution < 1.29 is 23.9 Å². The van der Waals surface area contributed by atoms with Gasteiger partial charge in [-0.25, -0.2) is 14.2 Å². The summed E-state index contributed by atoms with van der Waals surface area (Å²) in [6.45, 7) is 4.21. The second-order valence-corrected chi connectivity index (χ2v) is 11.6. The van der Waals surface area contributed by atoms with E-state index in [4.69, 9.17) is 6.42 Å². The van der Waals surface area contributed by atoms with Gasteiger partial charge in [-0.3, -0.25) is 9.59 Å². The first-order valence-electron chi connectivity index (χ1n) is 14.6. The van der Waals surface area contributed by atoms with Crippen LogP contribution in [0.3, 0.4) is 0 Å². The molecule has 0 unspecified atom stereocenters. The van der Waals surface area contributed by atoms with Gasteiger partial charge in [-0.2, -0.15) is 0 Å². The van der Waals surface area contributed by atoms with E-state index in [1.807, 2.05) is 12.1 Å². The van der Waals surface area contributed by atoms with Crippen molar-refractivity contribution in [1.29, 1.82) is 0 Å². The van der Waals surface area contributed by atoms with Crippen LogP contribution in [-0.4, -0.2) is 69.6 Å². The molecule has 0 saturated carbocycles. The summed E-state index contributed by atoms with van der Waals surface area (Å²) in [5.74, 6) is 1.49. The van der Waals surface area contributed by atoms with Gasteiger partial charge >= 0.3 is 6.03 Å². The number of phenols is 1. The molecule has 3 aromatic carbocycles. The smallest absolute Gasteiger partial charge is 0.316 e. The Kier molecular flexibility index (Phi) is 10.3. The van der Waals surface area contributed by atoms with Crippen molar-refractivity contribution in [2.24, 2.45) is 0 Å². The Balaban J connectivity index is 1.45. The van der Waals surface area contributed by atoms with Gasteiger partial charge in [0.25, 0.3) is 0 Å². The highest BCUT2D eigenvalue weighted by Gasteiger charge is 2.43. The number of carbonyl (C=O) groups excluding carboxylic acids is 3. The van der Waals surface area contributed by atoms with Crippen LogP contribution in [0.1, 0.15) is 22.3 Å². The SMILES string of the molecule is C#Cc1ccc(CNC(=O)N[C@H]2CN(Cc3ccc(F)c4scnc34)C(=O)[C@H](Cc3ccc(O)cc3)N2C(=O)CNCC=C)cc1. The molecule has 1 aliphatic heterocycles. The number of aromatic nitrogens is 1. The minimum absolute atomic E-state index is 0.0224. The largest absolute Gasteiger partial charge is 0.508 e. The van der Waals surface area contributed by atoms with Crippen molar-refractivity contribution in [1.82, 2.24) is 30.7 Å². The quantitative estimate of drug-likeness (QED) is 0.113. The molecule has 1 saturated heterocycles. The van der Waals surface area contributed by atoms with Gasteiger partial charge in [-0.1, -0.05) is 42.3 Å². The van der Waals surface area contributed by atoms with Crippen molar-refractivity contribution in [2.45, 2.75) is 31.7 Å². The number of nitrogens with zero attached hydrogens (tertiary/aromatic N) is 3. The zero-order chi connectivity index (χ0) is 32.6. The van der Waals surface area contributed by atoms with Gasteiger partial charge in [0.15, 0.2) is 0 Å². The first-order chi connectivity index (χ1) is 22.3. The molecule has 1 aliphatic rings. The standard InChI is InChI=1S/C34H33FN6O4S/c1-3-15-36-18-30(43)41-28(16-23-9-12-26(42)13-10-23)33(44)40(19-25-11-14-27(35)32-31(25)38-21-46-32)20-29(41)39-34(45)37-17-24-7-5-22(4-2)6-8-24/h2-3,5-14,21,28-29,36,42H,1,15-20H2,(H2,37,39,45)/t28-,29+/m0/s1. The normalized spacial score (nSPS) is 16.2. The number of urea groups is 1. The average molecular weight is 641 g/mol. The molecule has 4 aromatic rings. The molecular formula is C34H33FN6O4S. The number of rotatable bonds is 11. The molecular weight excluding hydrogens is 607 g/mol. The van der Waals surface area contributed by atoms with Gasteiger partial charge in [0.1, 0.15) is 23.8 Å². The molecule has 4 N–H and O–H groups in total. The Morgan fingerprint density at radius 3 is 2.59 bits per heavy atom. The van der Waals surface area contributed by atoms with Gasteiger partial charge < -0.3 is 30.9 Å². The highest BCUT2D eigenvalue weighted by atomic mass is 32.1. The van der Waals surface area contributed by atoms with Crippen LogP contribution in [-0.2, 0) is 29.1 Å². The summed E-state index contributed by atoms with van der Waals surface area (Å²) < 4.78 is 14.8. The van der Waals surface area contributed by atoms with Crippen LogP contribution in [0.5, 0.6) is 5.75 Å². The fraction of sp³-hybridized carbons (Fsp3) is 0.235. The van der Waals surface area contributed by atoms with Crippen molar-refractivity contribution in [3.05, 3.63) is 107 Å². The second-order valence-electron chi connectivity index (χ2n) is 10.7. The lowest BCUT2D eigenvalue weighted by Crippen LogP contribution is -2.69. The van der Waals surface area contributed by atoms with Crippen LogP contribution in [0.15, 0.2) is 78.8 Å². The predicted octanol–water partition coefficient (Wildman–Crippen LogP) is 3.51. The van der Waals surface area contributed by atoms with Gasteiger partial charge in [-0.05, 0) is 47.0 Å².